The predicted molar refractivity (Wildman–Crippen MR) is 96.8 cm³/mol. The number of carbonyl (C=O) groups is 1. The Kier molecular flexibility index (Phi) is 5.97. The highest BCUT2D eigenvalue weighted by Gasteiger charge is 2.24. The van der Waals surface area contributed by atoms with Crippen molar-refractivity contribution in [1.29, 1.82) is 0 Å². The molecule has 2 saturated heterocycles. The molecule has 4 nitrogen and oxygen atoms in total. The van der Waals surface area contributed by atoms with Gasteiger partial charge in [0.2, 0.25) is 5.91 Å². The van der Waals surface area contributed by atoms with Gasteiger partial charge in [0.25, 0.3) is 0 Å². The highest BCUT2D eigenvalue weighted by Crippen LogP contribution is 2.14. The Hall–Kier alpha value is -1.04. The molecule has 126 valence electrons. The van der Waals surface area contributed by atoms with Gasteiger partial charge in [-0.25, -0.2) is 0 Å². The molecule has 0 spiro atoms. The van der Waals surface area contributed by atoms with Crippen molar-refractivity contribution in [2.24, 2.45) is 0 Å². The molecule has 23 heavy (non-hydrogen) atoms. The van der Waals surface area contributed by atoms with Gasteiger partial charge in [-0.15, -0.1) is 0 Å². The third kappa shape index (κ3) is 4.96. The fraction of sp³-hybridized carbons (Fsp3) is 0.611. The van der Waals surface area contributed by atoms with Crippen molar-refractivity contribution >= 4 is 17.7 Å². The Morgan fingerprint density at radius 3 is 2.83 bits per heavy atom. The molecular weight excluding hydrogens is 306 g/mol. The van der Waals surface area contributed by atoms with Crippen LogP contribution in [-0.2, 0) is 11.3 Å². The summed E-state index contributed by atoms with van der Waals surface area (Å²) in [5, 5.41) is 3.46. The molecule has 1 aromatic rings. The topological polar surface area (TPSA) is 35.6 Å². The minimum absolute atomic E-state index is 0.320. The molecule has 0 aliphatic carbocycles. The average Bonchev–Trinajstić information content (AvgIpc) is 2.56. The van der Waals surface area contributed by atoms with E-state index in [4.69, 9.17) is 0 Å². The second kappa shape index (κ2) is 8.18. The van der Waals surface area contributed by atoms with Crippen LogP contribution in [0, 0.1) is 6.92 Å². The minimum Gasteiger partial charge on any atom is -0.340 e. The van der Waals surface area contributed by atoms with Crippen LogP contribution in [0.25, 0.3) is 0 Å². The third-order valence-corrected chi connectivity index (χ3v) is 5.76. The number of benzene rings is 1. The normalized spacial score (nSPS) is 23.0. The van der Waals surface area contributed by atoms with Gasteiger partial charge in [0, 0.05) is 63.2 Å². The van der Waals surface area contributed by atoms with E-state index in [2.05, 4.69) is 41.4 Å². The van der Waals surface area contributed by atoms with E-state index in [1.807, 2.05) is 16.7 Å². The van der Waals surface area contributed by atoms with E-state index in [1.165, 1.54) is 16.9 Å². The molecule has 1 aromatic carbocycles. The van der Waals surface area contributed by atoms with Gasteiger partial charge in [0.05, 0.1) is 0 Å². The summed E-state index contributed by atoms with van der Waals surface area (Å²) in [6.07, 6.45) is 0.658. The minimum atomic E-state index is 0.320. The van der Waals surface area contributed by atoms with E-state index in [1.54, 1.807) is 0 Å². The Bertz CT molecular complexity index is 523. The molecule has 2 fully saturated rings. The Balaban J connectivity index is 1.43. The maximum atomic E-state index is 12.4. The molecule has 1 amide bonds. The van der Waals surface area contributed by atoms with Gasteiger partial charge >= 0.3 is 0 Å². The van der Waals surface area contributed by atoms with E-state index >= 15 is 0 Å². The van der Waals surface area contributed by atoms with Crippen LogP contribution in [0.3, 0.4) is 0 Å². The van der Waals surface area contributed by atoms with Crippen LogP contribution in [0.2, 0.25) is 0 Å². The largest absolute Gasteiger partial charge is 0.340 e. The van der Waals surface area contributed by atoms with Crippen molar-refractivity contribution < 1.29 is 4.79 Å². The van der Waals surface area contributed by atoms with Crippen LogP contribution in [0.5, 0.6) is 0 Å². The summed E-state index contributed by atoms with van der Waals surface area (Å²) in [5.74, 6) is 2.56. The van der Waals surface area contributed by atoms with Crippen LogP contribution < -0.4 is 5.32 Å². The Morgan fingerprint density at radius 1 is 1.30 bits per heavy atom. The lowest BCUT2D eigenvalue weighted by molar-refractivity contribution is -0.133. The number of aryl methyl sites for hydroxylation is 1. The van der Waals surface area contributed by atoms with E-state index in [0.717, 1.165) is 45.0 Å². The molecule has 2 aliphatic rings. The van der Waals surface area contributed by atoms with Crippen molar-refractivity contribution in [1.82, 2.24) is 15.1 Å². The monoisotopic (exact) mass is 333 g/mol. The van der Waals surface area contributed by atoms with E-state index in [9.17, 15) is 4.79 Å². The van der Waals surface area contributed by atoms with E-state index in [-0.39, 0.29) is 0 Å². The van der Waals surface area contributed by atoms with E-state index < -0.39 is 0 Å². The Labute approximate surface area is 143 Å². The number of nitrogens with zero attached hydrogens (tertiary/aromatic N) is 2. The number of carbonyl (C=O) groups excluding carboxylic acids is 1. The van der Waals surface area contributed by atoms with Crippen LogP contribution in [0.4, 0.5) is 0 Å². The first-order chi connectivity index (χ1) is 11.2. The number of thioether (sulfide) groups is 1. The van der Waals surface area contributed by atoms with Crippen molar-refractivity contribution in [3.8, 4) is 0 Å². The number of nitrogens with one attached hydrogen (secondary N) is 1. The zero-order valence-electron chi connectivity index (χ0n) is 14.0. The fourth-order valence-corrected chi connectivity index (χ4v) is 4.26. The quantitative estimate of drug-likeness (QED) is 0.910. The van der Waals surface area contributed by atoms with Gasteiger partial charge in [-0.2, -0.15) is 11.8 Å². The molecule has 2 aliphatic heterocycles. The number of rotatable bonds is 4. The summed E-state index contributed by atoms with van der Waals surface area (Å²) in [5.41, 5.74) is 2.68. The van der Waals surface area contributed by atoms with Crippen LogP contribution in [0.1, 0.15) is 17.5 Å². The van der Waals surface area contributed by atoms with Gasteiger partial charge in [-0.3, -0.25) is 9.69 Å². The maximum Gasteiger partial charge on any atom is 0.224 e. The fourth-order valence-electron chi connectivity index (χ4n) is 3.31. The first kappa shape index (κ1) is 16.8. The zero-order valence-corrected chi connectivity index (χ0v) is 14.8. The van der Waals surface area contributed by atoms with Crippen molar-refractivity contribution in [2.75, 3.05) is 44.2 Å². The lowest BCUT2D eigenvalue weighted by Gasteiger charge is -2.35. The molecule has 2 heterocycles. The lowest BCUT2D eigenvalue weighted by atomic mass is 10.1. The molecule has 0 aromatic heterocycles. The SMILES string of the molecule is Cc1cccc(CN2CCN(C(=O)CC3CSCCN3)CC2)c1. The molecular formula is C18H27N3OS. The van der Waals surface area contributed by atoms with Gasteiger partial charge in [0.15, 0.2) is 0 Å². The van der Waals surface area contributed by atoms with Gasteiger partial charge in [0.1, 0.15) is 0 Å². The summed E-state index contributed by atoms with van der Waals surface area (Å²) in [6, 6.07) is 9.07. The summed E-state index contributed by atoms with van der Waals surface area (Å²) in [6.45, 7) is 7.85. The number of piperazine rings is 1. The summed E-state index contributed by atoms with van der Waals surface area (Å²) >= 11 is 1.95. The number of hydrogen-bond acceptors (Lipinski definition) is 4. The van der Waals surface area contributed by atoms with Crippen LogP contribution in [0.15, 0.2) is 24.3 Å². The molecule has 0 saturated carbocycles. The second-order valence-electron chi connectivity index (χ2n) is 6.58. The summed E-state index contributed by atoms with van der Waals surface area (Å²) in [4.78, 5) is 16.9. The lowest BCUT2D eigenvalue weighted by Crippen LogP contribution is -2.50. The van der Waals surface area contributed by atoms with E-state index in [0.29, 0.717) is 18.4 Å². The highest BCUT2D eigenvalue weighted by atomic mass is 32.2. The standard InChI is InChI=1S/C18H27N3OS/c1-15-3-2-4-16(11-15)13-20-6-8-21(9-7-20)18(22)12-17-14-23-10-5-19-17/h2-4,11,17,19H,5-10,12-14H2,1H3. The number of amides is 1. The molecule has 1 N–H and O–H groups in total. The van der Waals surface area contributed by atoms with Crippen molar-refractivity contribution in [3.05, 3.63) is 35.4 Å². The molecule has 0 radical (unpaired) electrons. The number of hydrogen-bond donors (Lipinski definition) is 1. The second-order valence-corrected chi connectivity index (χ2v) is 7.73. The average molecular weight is 334 g/mol. The molecule has 0 bridgehead atoms. The van der Waals surface area contributed by atoms with Crippen molar-refractivity contribution in [2.45, 2.75) is 25.9 Å². The summed E-state index contributed by atoms with van der Waals surface area (Å²) in [7, 11) is 0. The maximum absolute atomic E-state index is 12.4. The Morgan fingerprint density at radius 2 is 2.13 bits per heavy atom. The predicted octanol–water partition coefficient (Wildman–Crippen LogP) is 1.73. The highest BCUT2D eigenvalue weighted by molar-refractivity contribution is 7.99. The first-order valence-corrected chi connectivity index (χ1v) is 9.73. The van der Waals surface area contributed by atoms with Crippen LogP contribution in [-0.4, -0.2) is 66.0 Å². The van der Waals surface area contributed by atoms with Crippen molar-refractivity contribution in [3.63, 3.8) is 0 Å². The first-order valence-electron chi connectivity index (χ1n) is 8.57. The molecule has 1 unspecified atom stereocenters. The van der Waals surface area contributed by atoms with Gasteiger partial charge < -0.3 is 10.2 Å². The van der Waals surface area contributed by atoms with Crippen LogP contribution >= 0.6 is 11.8 Å². The summed E-state index contributed by atoms with van der Waals surface area (Å²) < 4.78 is 0. The van der Waals surface area contributed by atoms with Gasteiger partial charge in [-0.1, -0.05) is 29.8 Å². The molecule has 5 heteroatoms. The van der Waals surface area contributed by atoms with Gasteiger partial charge in [-0.05, 0) is 12.5 Å². The zero-order chi connectivity index (χ0) is 16.1. The molecule has 1 atom stereocenters. The third-order valence-electron chi connectivity index (χ3n) is 4.63. The smallest absolute Gasteiger partial charge is 0.224 e. The molecule has 3 rings (SSSR count).